The van der Waals surface area contributed by atoms with Gasteiger partial charge < -0.3 is 35.4 Å². The number of aliphatic hydroxyl groups excluding tert-OH is 1. The van der Waals surface area contributed by atoms with Crippen molar-refractivity contribution < 1.29 is 45.0 Å². The highest BCUT2D eigenvalue weighted by Gasteiger charge is 2.25. The summed E-state index contributed by atoms with van der Waals surface area (Å²) in [4.78, 5) is 22.6. The molecule has 49 heavy (non-hydrogen) atoms. The van der Waals surface area contributed by atoms with Crippen LogP contribution >= 0.6 is 0 Å². The van der Waals surface area contributed by atoms with E-state index in [4.69, 9.17) is 20.1 Å². The van der Waals surface area contributed by atoms with Crippen LogP contribution in [0.3, 0.4) is 0 Å². The minimum atomic E-state index is -0.979. The van der Waals surface area contributed by atoms with Gasteiger partial charge in [-0.2, -0.15) is 0 Å². The van der Waals surface area contributed by atoms with E-state index in [1.54, 1.807) is 50.2 Å². The van der Waals surface area contributed by atoms with Gasteiger partial charge >= 0.3 is 11.9 Å². The summed E-state index contributed by atoms with van der Waals surface area (Å²) < 4.78 is 5.61. The number of aryl methyl sites for hydroxylation is 2. The van der Waals surface area contributed by atoms with Crippen LogP contribution < -0.4 is 0 Å². The lowest BCUT2D eigenvalue weighted by molar-refractivity contribution is 0.0195. The number of carbonyl (C=O) groups is 2. The Morgan fingerprint density at radius 1 is 0.571 bits per heavy atom. The molecule has 0 heterocycles. The fourth-order valence-electron chi connectivity index (χ4n) is 6.21. The summed E-state index contributed by atoms with van der Waals surface area (Å²) in [6.45, 7) is 3.41. The van der Waals surface area contributed by atoms with Crippen LogP contribution in [-0.4, -0.2) is 54.8 Å². The molecule has 0 atom stereocenters. The molecule has 2 fully saturated rings. The Hall–Kier alpha value is -5.02. The number of carbonyl (C=O) groups excluding carboxylic acids is 1. The van der Waals surface area contributed by atoms with Gasteiger partial charge in [-0.05, 0) is 160 Å². The number of ether oxygens (including phenoxy) is 1. The quantitative estimate of drug-likeness (QED) is 0.115. The molecule has 0 aliphatic heterocycles. The third-order valence-electron chi connectivity index (χ3n) is 9.25. The Morgan fingerprint density at radius 3 is 1.41 bits per heavy atom. The molecule has 0 aromatic heterocycles. The van der Waals surface area contributed by atoms with Gasteiger partial charge in [0, 0.05) is 0 Å². The van der Waals surface area contributed by atoms with Crippen molar-refractivity contribution in [1.29, 1.82) is 0 Å². The molecular weight excluding hydrogens is 624 g/mol. The van der Waals surface area contributed by atoms with Gasteiger partial charge in [0.2, 0.25) is 0 Å². The topological polar surface area (TPSA) is 165 Å². The number of rotatable bonds is 5. The van der Waals surface area contributed by atoms with Crippen molar-refractivity contribution in [2.24, 2.45) is 0 Å². The van der Waals surface area contributed by atoms with Gasteiger partial charge in [0.05, 0.1) is 17.2 Å². The van der Waals surface area contributed by atoms with Crippen molar-refractivity contribution in [2.45, 2.75) is 89.3 Å². The number of aromatic carboxylic acids is 1. The van der Waals surface area contributed by atoms with Gasteiger partial charge in [0.25, 0.3) is 0 Å². The van der Waals surface area contributed by atoms with Crippen molar-refractivity contribution in [3.8, 4) is 23.0 Å². The van der Waals surface area contributed by atoms with E-state index in [1.807, 2.05) is 24.3 Å². The minimum Gasteiger partial charge on any atom is -0.508 e. The lowest BCUT2D eigenvalue weighted by Gasteiger charge is -2.28. The van der Waals surface area contributed by atoms with Crippen LogP contribution in [0, 0.1) is 13.8 Å². The minimum absolute atomic E-state index is 0.0556. The standard InChI is InChI=1S/C20H22O4.C12H16O2.C8H8O3/c1-13-12-16(6-11-19(13)22)20(23)24-18-9-4-15(5-10-18)14-2-7-17(21)8-3-14;13-11-5-1-9(2-6-11)10-3-7-12(14)8-4-10;1-5-4-6(8(10)11)2-3-7(5)9/h2-3,6-8,11-12,15,18,21-22H,4-5,9-10H2,1H3;1-2,5-6,10,12-14H,3-4,7-8H2;2-4,9H,1H3,(H,10,11). The number of benzene rings is 4. The van der Waals surface area contributed by atoms with E-state index in [1.165, 1.54) is 35.4 Å². The predicted molar refractivity (Wildman–Crippen MR) is 186 cm³/mol. The lowest BCUT2D eigenvalue weighted by atomic mass is 9.83. The molecule has 9 nitrogen and oxygen atoms in total. The van der Waals surface area contributed by atoms with Crippen LogP contribution in [0.15, 0.2) is 84.9 Å². The number of phenols is 4. The third kappa shape index (κ3) is 11.0. The second kappa shape index (κ2) is 17.4. The Balaban J connectivity index is 0.000000183. The normalized spacial score (nSPS) is 20.1. The van der Waals surface area contributed by atoms with Crippen molar-refractivity contribution in [3.63, 3.8) is 0 Å². The first-order valence-electron chi connectivity index (χ1n) is 16.7. The van der Waals surface area contributed by atoms with Crippen molar-refractivity contribution in [2.75, 3.05) is 0 Å². The highest BCUT2D eigenvalue weighted by molar-refractivity contribution is 5.90. The Kier molecular flexibility index (Phi) is 13.1. The molecule has 0 unspecified atom stereocenters. The predicted octanol–water partition coefficient (Wildman–Crippen LogP) is 8.10. The van der Waals surface area contributed by atoms with Crippen LogP contribution in [0.1, 0.15) is 106 Å². The summed E-state index contributed by atoms with van der Waals surface area (Å²) in [6, 6.07) is 23.7. The van der Waals surface area contributed by atoms with Crippen LogP contribution in [-0.2, 0) is 4.74 Å². The van der Waals surface area contributed by atoms with E-state index in [9.17, 15) is 24.9 Å². The first-order chi connectivity index (χ1) is 23.4. The van der Waals surface area contributed by atoms with E-state index in [2.05, 4.69) is 0 Å². The SMILES string of the molecule is Cc1cc(C(=O)O)ccc1O.Cc1cc(C(=O)OC2CCC(c3ccc(O)cc3)CC2)ccc1O.Oc1ccc(C2CCC(O)CC2)cc1. The summed E-state index contributed by atoms with van der Waals surface area (Å²) in [7, 11) is 0. The molecule has 6 rings (SSSR count). The van der Waals surface area contributed by atoms with Gasteiger partial charge in [-0.1, -0.05) is 24.3 Å². The first kappa shape index (κ1) is 36.8. The summed E-state index contributed by atoms with van der Waals surface area (Å²) in [5.74, 6) is 0.626. The smallest absolute Gasteiger partial charge is 0.338 e. The first-order valence-corrected chi connectivity index (χ1v) is 16.7. The van der Waals surface area contributed by atoms with Crippen LogP contribution in [0.2, 0.25) is 0 Å². The molecule has 2 saturated carbocycles. The number of hydrogen-bond acceptors (Lipinski definition) is 8. The molecule has 0 radical (unpaired) electrons. The van der Waals surface area contributed by atoms with E-state index < -0.39 is 5.97 Å². The van der Waals surface area contributed by atoms with Gasteiger partial charge in [-0.3, -0.25) is 0 Å². The average molecular weight is 671 g/mol. The lowest BCUT2D eigenvalue weighted by Crippen LogP contribution is -2.24. The van der Waals surface area contributed by atoms with Gasteiger partial charge in [0.15, 0.2) is 0 Å². The number of carboxylic acids is 1. The van der Waals surface area contributed by atoms with Crippen molar-refractivity contribution >= 4 is 11.9 Å². The zero-order valence-electron chi connectivity index (χ0n) is 28.0. The van der Waals surface area contributed by atoms with E-state index in [0.717, 1.165) is 51.4 Å². The van der Waals surface area contributed by atoms with Gasteiger partial charge in [-0.25, -0.2) is 9.59 Å². The molecule has 6 N–H and O–H groups in total. The van der Waals surface area contributed by atoms with Crippen LogP contribution in [0.4, 0.5) is 0 Å². The fourth-order valence-corrected chi connectivity index (χ4v) is 6.21. The number of hydrogen-bond donors (Lipinski definition) is 6. The molecule has 4 aromatic rings. The molecule has 2 aliphatic rings. The third-order valence-corrected chi connectivity index (χ3v) is 9.25. The molecular formula is C40H46O9. The zero-order valence-corrected chi connectivity index (χ0v) is 28.0. The maximum atomic E-state index is 12.2. The molecule has 9 heteroatoms. The second-order valence-electron chi connectivity index (χ2n) is 12.9. The number of carboxylic acid groups (broad SMARTS) is 1. The Labute approximate surface area is 287 Å². The van der Waals surface area contributed by atoms with Crippen molar-refractivity contribution in [1.82, 2.24) is 0 Å². The zero-order chi connectivity index (χ0) is 35.5. The summed E-state index contributed by atoms with van der Waals surface area (Å²) in [6.07, 6.45) is 7.41. The van der Waals surface area contributed by atoms with Crippen molar-refractivity contribution in [3.05, 3.63) is 118 Å². The molecule has 260 valence electrons. The molecule has 4 aromatic carbocycles. The summed E-state index contributed by atoms with van der Waals surface area (Å²) in [5, 5.41) is 55.0. The molecule has 0 spiro atoms. The van der Waals surface area contributed by atoms with Gasteiger partial charge in [0.1, 0.15) is 29.1 Å². The Morgan fingerprint density at radius 2 is 0.980 bits per heavy atom. The maximum Gasteiger partial charge on any atom is 0.338 e. The largest absolute Gasteiger partial charge is 0.508 e. The molecule has 0 saturated heterocycles. The van der Waals surface area contributed by atoms with E-state index in [-0.39, 0.29) is 41.0 Å². The van der Waals surface area contributed by atoms with Gasteiger partial charge in [-0.15, -0.1) is 0 Å². The summed E-state index contributed by atoms with van der Waals surface area (Å²) >= 11 is 0. The van der Waals surface area contributed by atoms with Crippen LogP contribution in [0.5, 0.6) is 23.0 Å². The molecule has 0 amide bonds. The Bertz CT molecular complexity index is 1670. The highest BCUT2D eigenvalue weighted by atomic mass is 16.5. The highest BCUT2D eigenvalue weighted by Crippen LogP contribution is 2.35. The monoisotopic (exact) mass is 670 g/mol. The van der Waals surface area contributed by atoms with E-state index >= 15 is 0 Å². The number of phenolic OH excluding ortho intramolecular Hbond substituents is 4. The maximum absolute atomic E-state index is 12.2. The fraction of sp³-hybridized carbons (Fsp3) is 0.350. The second-order valence-corrected chi connectivity index (χ2v) is 12.9. The molecule has 2 aliphatic carbocycles. The number of aliphatic hydroxyl groups is 1. The average Bonchev–Trinajstić information content (AvgIpc) is 3.09. The van der Waals surface area contributed by atoms with E-state index in [0.29, 0.717) is 34.3 Å². The number of esters is 1. The van der Waals surface area contributed by atoms with Crippen LogP contribution in [0.25, 0.3) is 0 Å². The number of aromatic hydroxyl groups is 4. The molecule has 0 bridgehead atoms. The summed E-state index contributed by atoms with van der Waals surface area (Å²) in [5.41, 5.74) is 4.43.